The molecule has 1 saturated carbocycles. The average Bonchev–Trinajstić information content (AvgIpc) is 3.08. The molecule has 1 spiro atoms. The molecule has 0 aromatic carbocycles. The molecule has 0 bridgehead atoms. The molecule has 1 saturated heterocycles. The first-order chi connectivity index (χ1) is 9.35. The Morgan fingerprint density at radius 2 is 1.50 bits per heavy atom. The summed E-state index contributed by atoms with van der Waals surface area (Å²) < 4.78 is 20.9. The third-order valence-corrected chi connectivity index (χ3v) is 3.58. The van der Waals surface area contributed by atoms with Gasteiger partial charge in [-0.2, -0.15) is 0 Å². The van der Waals surface area contributed by atoms with Gasteiger partial charge < -0.3 is 18.9 Å². The minimum absolute atomic E-state index is 0.120. The lowest BCUT2D eigenvalue weighted by Crippen LogP contribution is -2.55. The molecule has 2 rings (SSSR count). The number of carbonyl (C=O) groups is 3. The Hall–Kier alpha value is -1.63. The Morgan fingerprint density at radius 3 is 1.95 bits per heavy atom. The fraction of sp³-hybridized carbons (Fsp3) is 0.769. The van der Waals surface area contributed by atoms with Crippen molar-refractivity contribution in [1.82, 2.24) is 0 Å². The Labute approximate surface area is 116 Å². The molecule has 1 heterocycles. The molecule has 0 aromatic rings. The first kappa shape index (κ1) is 14.8. The average molecular weight is 286 g/mol. The molecule has 2 aliphatic rings. The lowest BCUT2D eigenvalue weighted by Gasteiger charge is -2.41. The molecule has 2 fully saturated rings. The maximum atomic E-state index is 11.3. The summed E-state index contributed by atoms with van der Waals surface area (Å²) in [5.41, 5.74) is -0.504. The molecule has 0 aromatic heterocycles. The summed E-state index contributed by atoms with van der Waals surface area (Å²) in [5.74, 6) is -1.43. The summed E-state index contributed by atoms with van der Waals surface area (Å²) in [4.78, 5) is 33.5. The number of rotatable bonds is 3. The minimum Gasteiger partial charge on any atom is -0.459 e. The van der Waals surface area contributed by atoms with Crippen LogP contribution < -0.4 is 0 Å². The summed E-state index contributed by atoms with van der Waals surface area (Å²) >= 11 is 0. The summed E-state index contributed by atoms with van der Waals surface area (Å²) in [6, 6.07) is 0. The van der Waals surface area contributed by atoms with E-state index in [9.17, 15) is 14.4 Å². The maximum Gasteiger partial charge on any atom is 0.305 e. The fourth-order valence-electron chi connectivity index (χ4n) is 2.60. The SMILES string of the molecule is CC(=O)OC1OC[C@H](OC(C)=O)C2(CC2)[C@@H]1OC(C)=O. The van der Waals surface area contributed by atoms with E-state index in [-0.39, 0.29) is 6.61 Å². The van der Waals surface area contributed by atoms with Crippen LogP contribution in [0.15, 0.2) is 0 Å². The Morgan fingerprint density at radius 1 is 0.950 bits per heavy atom. The zero-order valence-corrected chi connectivity index (χ0v) is 11.7. The first-order valence-electron chi connectivity index (χ1n) is 6.48. The van der Waals surface area contributed by atoms with Gasteiger partial charge in [-0.3, -0.25) is 14.4 Å². The van der Waals surface area contributed by atoms with Crippen LogP contribution in [0.25, 0.3) is 0 Å². The van der Waals surface area contributed by atoms with Crippen LogP contribution in [-0.4, -0.2) is 43.0 Å². The third kappa shape index (κ3) is 2.92. The lowest BCUT2D eigenvalue weighted by molar-refractivity contribution is -0.265. The van der Waals surface area contributed by atoms with Crippen LogP contribution in [0.5, 0.6) is 0 Å². The second-order valence-electron chi connectivity index (χ2n) is 5.17. The van der Waals surface area contributed by atoms with Crippen molar-refractivity contribution in [3.05, 3.63) is 0 Å². The molecule has 1 aliphatic carbocycles. The topological polar surface area (TPSA) is 88.1 Å². The molecule has 20 heavy (non-hydrogen) atoms. The second kappa shape index (κ2) is 5.40. The lowest BCUT2D eigenvalue weighted by atomic mass is 9.89. The van der Waals surface area contributed by atoms with E-state index in [0.29, 0.717) is 0 Å². The summed E-state index contributed by atoms with van der Waals surface area (Å²) in [6.45, 7) is 3.96. The Bertz CT molecular complexity index is 426. The molecule has 7 heteroatoms. The van der Waals surface area contributed by atoms with Gasteiger partial charge in [-0.15, -0.1) is 0 Å². The van der Waals surface area contributed by atoms with Crippen molar-refractivity contribution in [2.45, 2.75) is 52.1 Å². The Balaban J connectivity index is 2.18. The van der Waals surface area contributed by atoms with Crippen molar-refractivity contribution in [2.24, 2.45) is 5.41 Å². The molecule has 0 radical (unpaired) electrons. The van der Waals surface area contributed by atoms with Crippen LogP contribution in [0.3, 0.4) is 0 Å². The van der Waals surface area contributed by atoms with Gasteiger partial charge in [0.15, 0.2) is 6.10 Å². The van der Waals surface area contributed by atoms with Crippen LogP contribution in [0.1, 0.15) is 33.6 Å². The smallest absolute Gasteiger partial charge is 0.305 e. The maximum absolute atomic E-state index is 11.3. The predicted octanol–water partition coefficient (Wildman–Crippen LogP) is 0.549. The molecule has 1 unspecified atom stereocenters. The van der Waals surface area contributed by atoms with E-state index in [1.807, 2.05) is 0 Å². The van der Waals surface area contributed by atoms with Gasteiger partial charge in [-0.25, -0.2) is 0 Å². The van der Waals surface area contributed by atoms with Gasteiger partial charge in [-0.05, 0) is 12.8 Å². The van der Waals surface area contributed by atoms with E-state index in [1.165, 1.54) is 20.8 Å². The normalized spacial score (nSPS) is 30.4. The van der Waals surface area contributed by atoms with Crippen molar-refractivity contribution >= 4 is 17.9 Å². The Kier molecular flexibility index (Phi) is 3.99. The van der Waals surface area contributed by atoms with E-state index >= 15 is 0 Å². The highest BCUT2D eigenvalue weighted by molar-refractivity contribution is 5.68. The van der Waals surface area contributed by atoms with Crippen LogP contribution in [-0.2, 0) is 33.3 Å². The molecule has 0 amide bonds. The first-order valence-corrected chi connectivity index (χ1v) is 6.48. The van der Waals surface area contributed by atoms with Gasteiger partial charge in [0.1, 0.15) is 6.10 Å². The standard InChI is InChI=1S/C13H18O7/c1-7(14)18-10-6-17-12(20-9(3)16)11(19-8(2)15)13(10)4-5-13/h10-12H,4-6H2,1-3H3/t10-,11+,12?/m0/s1. The van der Waals surface area contributed by atoms with E-state index < -0.39 is 41.8 Å². The van der Waals surface area contributed by atoms with Crippen LogP contribution in [0, 0.1) is 5.41 Å². The second-order valence-corrected chi connectivity index (χ2v) is 5.17. The zero-order valence-electron chi connectivity index (χ0n) is 11.7. The number of esters is 3. The molecule has 0 N–H and O–H groups in total. The molecule has 112 valence electrons. The molecular formula is C13H18O7. The zero-order chi connectivity index (χ0) is 14.9. The van der Waals surface area contributed by atoms with Crippen LogP contribution in [0.2, 0.25) is 0 Å². The minimum atomic E-state index is -0.953. The summed E-state index contributed by atoms with van der Waals surface area (Å²) in [6.07, 6.45) is -0.738. The van der Waals surface area contributed by atoms with Crippen molar-refractivity contribution in [1.29, 1.82) is 0 Å². The third-order valence-electron chi connectivity index (χ3n) is 3.58. The summed E-state index contributed by atoms with van der Waals surface area (Å²) in [7, 11) is 0. The largest absolute Gasteiger partial charge is 0.459 e. The highest BCUT2D eigenvalue weighted by Crippen LogP contribution is 2.57. The van der Waals surface area contributed by atoms with Crippen LogP contribution in [0.4, 0.5) is 0 Å². The molecule has 7 nitrogen and oxygen atoms in total. The van der Waals surface area contributed by atoms with Gasteiger partial charge >= 0.3 is 17.9 Å². The molecular weight excluding hydrogens is 268 g/mol. The summed E-state index contributed by atoms with van der Waals surface area (Å²) in [5, 5.41) is 0. The number of carbonyl (C=O) groups excluding carboxylic acids is 3. The van der Waals surface area contributed by atoms with Gasteiger partial charge in [0.05, 0.1) is 12.0 Å². The van der Waals surface area contributed by atoms with Crippen LogP contribution >= 0.6 is 0 Å². The van der Waals surface area contributed by atoms with Crippen molar-refractivity contribution in [3.8, 4) is 0 Å². The molecule has 3 atom stereocenters. The van der Waals surface area contributed by atoms with Crippen molar-refractivity contribution in [3.63, 3.8) is 0 Å². The van der Waals surface area contributed by atoms with Gasteiger partial charge in [0.2, 0.25) is 6.29 Å². The quantitative estimate of drug-likeness (QED) is 0.553. The van der Waals surface area contributed by atoms with Crippen molar-refractivity contribution in [2.75, 3.05) is 6.61 Å². The number of hydrogen-bond donors (Lipinski definition) is 0. The highest BCUT2D eigenvalue weighted by atomic mass is 16.7. The van der Waals surface area contributed by atoms with E-state index in [1.54, 1.807) is 0 Å². The van der Waals surface area contributed by atoms with Gasteiger partial charge in [-0.1, -0.05) is 0 Å². The van der Waals surface area contributed by atoms with Gasteiger partial charge in [0.25, 0.3) is 0 Å². The predicted molar refractivity (Wildman–Crippen MR) is 64.3 cm³/mol. The van der Waals surface area contributed by atoms with Crippen molar-refractivity contribution < 1.29 is 33.3 Å². The number of ether oxygens (including phenoxy) is 4. The van der Waals surface area contributed by atoms with E-state index in [4.69, 9.17) is 18.9 Å². The van der Waals surface area contributed by atoms with Gasteiger partial charge in [0, 0.05) is 20.8 Å². The molecule has 1 aliphatic heterocycles. The monoisotopic (exact) mass is 286 g/mol. The highest BCUT2D eigenvalue weighted by Gasteiger charge is 2.64. The fourth-order valence-corrected chi connectivity index (χ4v) is 2.60. The van der Waals surface area contributed by atoms with E-state index in [0.717, 1.165) is 12.8 Å². The number of hydrogen-bond acceptors (Lipinski definition) is 7. The van der Waals surface area contributed by atoms with E-state index in [2.05, 4.69) is 0 Å².